The number of aliphatic hydroxyl groups excluding tert-OH is 1. The van der Waals surface area contributed by atoms with E-state index in [1.54, 1.807) is 0 Å². The van der Waals surface area contributed by atoms with Gasteiger partial charge in [0.2, 0.25) is 0 Å². The maximum atomic E-state index is 9.97. The minimum Gasteiger partial charge on any atom is -0.491 e. The first kappa shape index (κ1) is 18.0. The lowest BCUT2D eigenvalue weighted by atomic mass is 10.0. The summed E-state index contributed by atoms with van der Waals surface area (Å²) in [5.74, 6) is 0.821. The van der Waals surface area contributed by atoms with Crippen molar-refractivity contribution in [3.05, 3.63) is 29.8 Å². The Kier molecular flexibility index (Phi) is 7.15. The van der Waals surface area contributed by atoms with Gasteiger partial charge in [-0.15, -0.1) is 0 Å². The van der Waals surface area contributed by atoms with E-state index in [2.05, 4.69) is 51.1 Å². The molecule has 1 atom stereocenters. The molecule has 0 spiro atoms. The highest BCUT2D eigenvalue weighted by molar-refractivity contribution is 5.28. The molecule has 21 heavy (non-hydrogen) atoms. The molecule has 0 amide bonds. The molecule has 0 heterocycles. The molecule has 0 saturated heterocycles. The summed E-state index contributed by atoms with van der Waals surface area (Å²) in [5.41, 5.74) is 1.31. The number of hydrogen-bond donors (Lipinski definition) is 2. The van der Waals surface area contributed by atoms with E-state index in [-0.39, 0.29) is 5.54 Å². The van der Waals surface area contributed by atoms with Crippen LogP contribution < -0.4 is 10.1 Å². The fraction of sp³-hybridized carbons (Fsp3) is 0.647. The van der Waals surface area contributed by atoms with Gasteiger partial charge in [0.1, 0.15) is 18.5 Å². The lowest BCUT2D eigenvalue weighted by Crippen LogP contribution is -2.48. The van der Waals surface area contributed by atoms with Gasteiger partial charge in [-0.25, -0.2) is 0 Å². The molecule has 0 saturated carbocycles. The van der Waals surface area contributed by atoms with Crippen molar-refractivity contribution in [2.45, 2.75) is 38.8 Å². The number of benzene rings is 1. The number of ether oxygens (including phenoxy) is 1. The average molecular weight is 294 g/mol. The Morgan fingerprint density at radius 2 is 2.05 bits per heavy atom. The Labute approximate surface area is 129 Å². The van der Waals surface area contributed by atoms with E-state index in [9.17, 15) is 5.11 Å². The molecule has 0 aromatic heterocycles. The number of hydrogen-bond acceptors (Lipinski definition) is 4. The van der Waals surface area contributed by atoms with Gasteiger partial charge in [0.15, 0.2) is 0 Å². The van der Waals surface area contributed by atoms with Crippen LogP contribution in [0.2, 0.25) is 0 Å². The molecular formula is C17H30N2O2. The van der Waals surface area contributed by atoms with Crippen LogP contribution >= 0.6 is 0 Å². The quantitative estimate of drug-likeness (QED) is 0.730. The van der Waals surface area contributed by atoms with E-state index in [0.29, 0.717) is 13.2 Å². The fourth-order valence-electron chi connectivity index (χ4n) is 1.81. The lowest BCUT2D eigenvalue weighted by molar-refractivity contribution is 0.100. The third-order valence-corrected chi connectivity index (χ3v) is 3.90. The van der Waals surface area contributed by atoms with Crippen molar-refractivity contribution in [1.82, 2.24) is 10.2 Å². The molecule has 0 aliphatic rings. The van der Waals surface area contributed by atoms with Crippen LogP contribution in [-0.4, -0.2) is 55.4 Å². The molecule has 4 heteroatoms. The van der Waals surface area contributed by atoms with Gasteiger partial charge >= 0.3 is 0 Å². The van der Waals surface area contributed by atoms with Crippen LogP contribution in [0.5, 0.6) is 5.75 Å². The Morgan fingerprint density at radius 1 is 1.33 bits per heavy atom. The van der Waals surface area contributed by atoms with Gasteiger partial charge in [-0.3, -0.25) is 0 Å². The van der Waals surface area contributed by atoms with Gasteiger partial charge in [-0.05, 0) is 52.1 Å². The Balaban J connectivity index is 2.29. The zero-order valence-corrected chi connectivity index (χ0v) is 14.0. The summed E-state index contributed by atoms with van der Waals surface area (Å²) >= 11 is 0. The smallest absolute Gasteiger partial charge is 0.119 e. The minimum absolute atomic E-state index is 0.0655. The highest BCUT2D eigenvalue weighted by Gasteiger charge is 2.20. The topological polar surface area (TPSA) is 44.7 Å². The SMILES string of the molecule is CCc1cccc(OCC(O)CNCC(C)(C)N(C)C)c1. The molecule has 0 aliphatic heterocycles. The van der Waals surface area contributed by atoms with Crippen LogP contribution in [0.3, 0.4) is 0 Å². The monoisotopic (exact) mass is 294 g/mol. The molecule has 1 aromatic rings. The first-order valence-corrected chi connectivity index (χ1v) is 7.63. The molecule has 2 N–H and O–H groups in total. The van der Waals surface area contributed by atoms with Crippen LogP contribution in [0.4, 0.5) is 0 Å². The first-order valence-electron chi connectivity index (χ1n) is 7.63. The van der Waals surface area contributed by atoms with Crippen molar-refractivity contribution in [3.63, 3.8) is 0 Å². The van der Waals surface area contributed by atoms with Crippen LogP contribution in [-0.2, 0) is 6.42 Å². The molecule has 0 fully saturated rings. The second-order valence-electron chi connectivity index (χ2n) is 6.30. The Morgan fingerprint density at radius 3 is 2.67 bits per heavy atom. The largest absolute Gasteiger partial charge is 0.491 e. The summed E-state index contributed by atoms with van der Waals surface area (Å²) in [4.78, 5) is 2.17. The summed E-state index contributed by atoms with van der Waals surface area (Å²) in [5, 5.41) is 13.3. The molecule has 4 nitrogen and oxygen atoms in total. The molecule has 1 unspecified atom stereocenters. The summed E-state index contributed by atoms with van der Waals surface area (Å²) in [6.45, 7) is 8.11. The fourth-order valence-corrected chi connectivity index (χ4v) is 1.81. The van der Waals surface area contributed by atoms with Gasteiger partial charge in [0.05, 0.1) is 0 Å². The number of aliphatic hydroxyl groups is 1. The molecular weight excluding hydrogens is 264 g/mol. The van der Waals surface area contributed by atoms with Gasteiger partial charge < -0.3 is 20.1 Å². The van der Waals surface area contributed by atoms with E-state index in [4.69, 9.17) is 4.74 Å². The van der Waals surface area contributed by atoms with Gasteiger partial charge in [0.25, 0.3) is 0 Å². The maximum absolute atomic E-state index is 9.97. The molecule has 1 aromatic carbocycles. The highest BCUT2D eigenvalue weighted by Crippen LogP contribution is 2.14. The first-order chi connectivity index (χ1) is 9.85. The molecule has 120 valence electrons. The van der Waals surface area contributed by atoms with Gasteiger partial charge in [0, 0.05) is 18.6 Å². The van der Waals surface area contributed by atoms with E-state index >= 15 is 0 Å². The second kappa shape index (κ2) is 8.37. The predicted molar refractivity (Wildman–Crippen MR) is 88.0 cm³/mol. The number of nitrogens with one attached hydrogen (secondary N) is 1. The van der Waals surface area contributed by atoms with Crippen molar-refractivity contribution < 1.29 is 9.84 Å². The Bertz CT molecular complexity index is 419. The van der Waals surface area contributed by atoms with E-state index in [1.165, 1.54) is 5.56 Å². The number of aryl methyl sites for hydroxylation is 1. The minimum atomic E-state index is -0.506. The van der Waals surface area contributed by atoms with Crippen molar-refractivity contribution in [3.8, 4) is 5.75 Å². The number of likely N-dealkylation sites (N-methyl/N-ethyl adjacent to an activating group) is 1. The van der Waals surface area contributed by atoms with E-state index in [0.717, 1.165) is 18.7 Å². The standard InChI is InChI=1S/C17H30N2O2/c1-6-14-8-7-9-16(10-14)21-12-15(20)11-18-13-17(2,3)19(4)5/h7-10,15,18,20H,6,11-13H2,1-5H3. The summed E-state index contributed by atoms with van der Waals surface area (Å²) in [6.07, 6.45) is 0.481. The zero-order chi connectivity index (χ0) is 15.9. The van der Waals surface area contributed by atoms with Gasteiger partial charge in [-0.2, -0.15) is 0 Å². The normalized spacial score (nSPS) is 13.5. The van der Waals surface area contributed by atoms with E-state index < -0.39 is 6.10 Å². The summed E-state index contributed by atoms with van der Waals surface area (Å²) in [7, 11) is 4.11. The van der Waals surface area contributed by atoms with Crippen LogP contribution in [0.25, 0.3) is 0 Å². The van der Waals surface area contributed by atoms with Crippen LogP contribution in [0, 0.1) is 0 Å². The van der Waals surface area contributed by atoms with Crippen molar-refractivity contribution in [1.29, 1.82) is 0 Å². The van der Waals surface area contributed by atoms with E-state index in [1.807, 2.05) is 18.2 Å². The zero-order valence-electron chi connectivity index (χ0n) is 14.0. The summed E-state index contributed by atoms with van der Waals surface area (Å²) in [6, 6.07) is 8.01. The molecule has 0 radical (unpaired) electrons. The molecule has 1 rings (SSSR count). The van der Waals surface area contributed by atoms with Crippen LogP contribution in [0.15, 0.2) is 24.3 Å². The van der Waals surface area contributed by atoms with Crippen molar-refractivity contribution in [2.24, 2.45) is 0 Å². The third-order valence-electron chi connectivity index (χ3n) is 3.90. The van der Waals surface area contributed by atoms with Gasteiger partial charge in [-0.1, -0.05) is 19.1 Å². The lowest BCUT2D eigenvalue weighted by Gasteiger charge is -2.33. The van der Waals surface area contributed by atoms with Crippen molar-refractivity contribution in [2.75, 3.05) is 33.8 Å². The molecule has 0 aliphatic carbocycles. The Hall–Kier alpha value is -1.10. The predicted octanol–water partition coefficient (Wildman–Crippen LogP) is 1.92. The third kappa shape index (κ3) is 6.46. The average Bonchev–Trinajstić information content (AvgIpc) is 2.45. The number of rotatable bonds is 9. The number of nitrogens with zero attached hydrogens (tertiary/aromatic N) is 1. The maximum Gasteiger partial charge on any atom is 0.119 e. The van der Waals surface area contributed by atoms with Crippen molar-refractivity contribution >= 4 is 0 Å². The highest BCUT2D eigenvalue weighted by atomic mass is 16.5. The van der Waals surface area contributed by atoms with Crippen LogP contribution in [0.1, 0.15) is 26.3 Å². The molecule has 0 bridgehead atoms. The second-order valence-corrected chi connectivity index (χ2v) is 6.30. The summed E-state index contributed by atoms with van der Waals surface area (Å²) < 4.78 is 5.64.